The van der Waals surface area contributed by atoms with Gasteiger partial charge in [-0.1, -0.05) is 19.9 Å². The van der Waals surface area contributed by atoms with Crippen LogP contribution in [0.4, 0.5) is 0 Å². The first-order valence-corrected chi connectivity index (χ1v) is 5.98. The molecule has 1 atom stereocenters. The van der Waals surface area contributed by atoms with Gasteiger partial charge in [0.25, 0.3) is 12.0 Å². The quantitative estimate of drug-likeness (QED) is 0.791. The molecular formula is C14H14N2O3. The third kappa shape index (κ3) is 2.74. The maximum Gasteiger partial charge on any atom is 0.310 e. The van der Waals surface area contributed by atoms with Gasteiger partial charge in [-0.05, 0) is 24.6 Å². The number of aryl methyl sites for hydroxylation is 1. The highest BCUT2D eigenvalue weighted by molar-refractivity contribution is 5.74. The Morgan fingerprint density at radius 3 is 2.84 bits per heavy atom. The third-order valence-electron chi connectivity index (χ3n) is 2.61. The van der Waals surface area contributed by atoms with Crippen molar-refractivity contribution in [3.8, 4) is 6.07 Å². The van der Waals surface area contributed by atoms with Crippen molar-refractivity contribution in [1.82, 2.24) is 4.98 Å². The summed E-state index contributed by atoms with van der Waals surface area (Å²) in [5.41, 5.74) is 2.25. The lowest BCUT2D eigenvalue weighted by Crippen LogP contribution is -2.15. The van der Waals surface area contributed by atoms with E-state index < -0.39 is 12.1 Å². The van der Waals surface area contributed by atoms with Crippen LogP contribution in [0.15, 0.2) is 22.6 Å². The van der Waals surface area contributed by atoms with E-state index in [-0.39, 0.29) is 11.8 Å². The highest BCUT2D eigenvalue weighted by Gasteiger charge is 2.23. The van der Waals surface area contributed by atoms with E-state index in [1.165, 1.54) is 0 Å². The molecule has 0 saturated heterocycles. The molecule has 98 valence electrons. The number of hydrogen-bond acceptors (Lipinski definition) is 5. The summed E-state index contributed by atoms with van der Waals surface area (Å²) in [5.74, 6) is -0.649. The predicted octanol–water partition coefficient (Wildman–Crippen LogP) is 2.90. The molecule has 0 spiro atoms. The SMILES string of the molecule is Cc1ccc2nc(C(C#N)OC(=O)C(C)C)oc2c1. The van der Waals surface area contributed by atoms with E-state index in [0.29, 0.717) is 11.1 Å². The normalized spacial score (nSPS) is 12.4. The number of nitriles is 1. The van der Waals surface area contributed by atoms with Gasteiger partial charge in [-0.15, -0.1) is 0 Å². The van der Waals surface area contributed by atoms with Crippen molar-refractivity contribution in [2.75, 3.05) is 0 Å². The summed E-state index contributed by atoms with van der Waals surface area (Å²) in [6.45, 7) is 5.33. The molecule has 0 bridgehead atoms. The van der Waals surface area contributed by atoms with Gasteiger partial charge in [0.05, 0.1) is 5.92 Å². The van der Waals surface area contributed by atoms with Crippen LogP contribution >= 0.6 is 0 Å². The van der Waals surface area contributed by atoms with Gasteiger partial charge in [0, 0.05) is 0 Å². The standard InChI is InChI=1S/C14H14N2O3/c1-8(2)14(17)19-12(7-15)13-16-10-5-4-9(3)6-11(10)18-13/h4-6,8,12H,1-3H3. The Morgan fingerprint density at radius 2 is 2.21 bits per heavy atom. The molecular weight excluding hydrogens is 244 g/mol. The van der Waals surface area contributed by atoms with Crippen molar-refractivity contribution < 1.29 is 13.9 Å². The van der Waals surface area contributed by atoms with Gasteiger partial charge in [0.1, 0.15) is 11.6 Å². The monoisotopic (exact) mass is 258 g/mol. The topological polar surface area (TPSA) is 76.1 Å². The summed E-state index contributed by atoms with van der Waals surface area (Å²) in [4.78, 5) is 15.7. The highest BCUT2D eigenvalue weighted by Crippen LogP contribution is 2.23. The number of aromatic nitrogens is 1. The number of oxazole rings is 1. The molecule has 0 aliphatic carbocycles. The van der Waals surface area contributed by atoms with E-state index in [9.17, 15) is 4.79 Å². The average molecular weight is 258 g/mol. The minimum atomic E-state index is -1.11. The Kier molecular flexibility index (Phi) is 3.52. The fraction of sp³-hybridized carbons (Fsp3) is 0.357. The van der Waals surface area contributed by atoms with Crippen LogP contribution in [0.25, 0.3) is 11.1 Å². The molecule has 1 unspecified atom stereocenters. The van der Waals surface area contributed by atoms with Crippen LogP contribution in [0.1, 0.15) is 31.4 Å². The fourth-order valence-electron chi connectivity index (χ4n) is 1.55. The van der Waals surface area contributed by atoms with Gasteiger partial charge in [-0.3, -0.25) is 4.79 Å². The number of esters is 1. The summed E-state index contributed by atoms with van der Waals surface area (Å²) in [6, 6.07) is 7.41. The molecule has 5 heteroatoms. The van der Waals surface area contributed by atoms with E-state index in [4.69, 9.17) is 14.4 Å². The summed E-state index contributed by atoms with van der Waals surface area (Å²) in [5, 5.41) is 9.06. The Bertz CT molecular complexity index is 652. The molecule has 1 aromatic carbocycles. The van der Waals surface area contributed by atoms with Crippen molar-refractivity contribution in [2.45, 2.75) is 26.9 Å². The molecule has 0 amide bonds. The van der Waals surface area contributed by atoms with E-state index in [1.807, 2.05) is 25.1 Å². The van der Waals surface area contributed by atoms with Gasteiger partial charge in [-0.2, -0.15) is 5.26 Å². The zero-order chi connectivity index (χ0) is 14.0. The number of carbonyl (C=O) groups is 1. The summed E-state index contributed by atoms with van der Waals surface area (Å²) in [6.07, 6.45) is -1.11. The lowest BCUT2D eigenvalue weighted by atomic mass is 10.2. The zero-order valence-electron chi connectivity index (χ0n) is 11.0. The van der Waals surface area contributed by atoms with E-state index in [1.54, 1.807) is 19.9 Å². The summed E-state index contributed by atoms with van der Waals surface area (Å²) < 4.78 is 10.5. The van der Waals surface area contributed by atoms with E-state index in [2.05, 4.69) is 4.98 Å². The summed E-state index contributed by atoms with van der Waals surface area (Å²) in [7, 11) is 0. The molecule has 19 heavy (non-hydrogen) atoms. The van der Waals surface area contributed by atoms with Crippen molar-refractivity contribution >= 4 is 17.1 Å². The van der Waals surface area contributed by atoms with Crippen molar-refractivity contribution in [1.29, 1.82) is 5.26 Å². The van der Waals surface area contributed by atoms with Crippen LogP contribution in [0.3, 0.4) is 0 Å². The number of fused-ring (bicyclic) bond motifs is 1. The maximum absolute atomic E-state index is 11.5. The van der Waals surface area contributed by atoms with Crippen LogP contribution in [0.2, 0.25) is 0 Å². The van der Waals surface area contributed by atoms with Crippen molar-refractivity contribution in [2.24, 2.45) is 5.92 Å². The van der Waals surface area contributed by atoms with Crippen LogP contribution in [0.5, 0.6) is 0 Å². The van der Waals surface area contributed by atoms with Crippen LogP contribution in [-0.4, -0.2) is 11.0 Å². The Labute approximate surface area is 110 Å². The molecule has 1 heterocycles. The molecule has 1 aromatic heterocycles. The largest absolute Gasteiger partial charge is 0.436 e. The first-order valence-electron chi connectivity index (χ1n) is 5.98. The fourth-order valence-corrected chi connectivity index (χ4v) is 1.55. The highest BCUT2D eigenvalue weighted by atomic mass is 16.6. The first kappa shape index (κ1) is 13.1. The molecule has 0 radical (unpaired) electrons. The number of benzene rings is 1. The average Bonchev–Trinajstić information content (AvgIpc) is 2.77. The van der Waals surface area contributed by atoms with Crippen LogP contribution in [0, 0.1) is 24.2 Å². The van der Waals surface area contributed by atoms with Gasteiger partial charge >= 0.3 is 5.97 Å². The Morgan fingerprint density at radius 1 is 1.47 bits per heavy atom. The lowest BCUT2D eigenvalue weighted by molar-refractivity contribution is -0.151. The third-order valence-corrected chi connectivity index (χ3v) is 2.61. The molecule has 2 aromatic rings. The van der Waals surface area contributed by atoms with Gasteiger partial charge < -0.3 is 9.15 Å². The molecule has 2 rings (SSSR count). The smallest absolute Gasteiger partial charge is 0.310 e. The molecule has 0 fully saturated rings. The number of carbonyl (C=O) groups excluding carboxylic acids is 1. The van der Waals surface area contributed by atoms with Crippen molar-refractivity contribution in [3.63, 3.8) is 0 Å². The first-order chi connectivity index (χ1) is 9.01. The number of ether oxygens (including phenoxy) is 1. The number of rotatable bonds is 3. The lowest BCUT2D eigenvalue weighted by Gasteiger charge is -2.09. The number of hydrogen-bond donors (Lipinski definition) is 0. The number of nitrogens with zero attached hydrogens (tertiary/aromatic N) is 2. The van der Waals surface area contributed by atoms with Crippen molar-refractivity contribution in [3.05, 3.63) is 29.7 Å². The molecule has 5 nitrogen and oxygen atoms in total. The van der Waals surface area contributed by atoms with Gasteiger partial charge in [0.15, 0.2) is 5.58 Å². The zero-order valence-corrected chi connectivity index (χ0v) is 11.0. The second-order valence-corrected chi connectivity index (χ2v) is 4.62. The van der Waals surface area contributed by atoms with Gasteiger partial charge in [0.2, 0.25) is 0 Å². The maximum atomic E-state index is 11.5. The van der Waals surface area contributed by atoms with Crippen LogP contribution in [-0.2, 0) is 9.53 Å². The molecule has 0 aliphatic heterocycles. The van der Waals surface area contributed by atoms with Gasteiger partial charge in [-0.25, -0.2) is 4.98 Å². The minimum Gasteiger partial charge on any atom is -0.436 e. The Balaban J connectivity index is 2.31. The predicted molar refractivity (Wildman–Crippen MR) is 68.0 cm³/mol. The second-order valence-electron chi connectivity index (χ2n) is 4.62. The minimum absolute atomic E-state index is 0.108. The summed E-state index contributed by atoms with van der Waals surface area (Å²) >= 11 is 0. The molecule has 0 N–H and O–H groups in total. The second kappa shape index (κ2) is 5.11. The van der Waals surface area contributed by atoms with E-state index >= 15 is 0 Å². The van der Waals surface area contributed by atoms with E-state index in [0.717, 1.165) is 5.56 Å². The Hall–Kier alpha value is -2.35. The molecule has 0 saturated carbocycles. The molecule has 0 aliphatic rings. The van der Waals surface area contributed by atoms with Crippen LogP contribution < -0.4 is 0 Å².